The lowest BCUT2D eigenvalue weighted by Crippen LogP contribution is -2.49. The molecule has 0 amide bonds. The molecule has 2 fully saturated rings. The predicted molar refractivity (Wildman–Crippen MR) is 109 cm³/mol. The minimum Gasteiger partial charge on any atom is -0.295 e. The lowest BCUT2D eigenvalue weighted by atomic mass is 9.46. The molecule has 3 unspecified atom stereocenters. The third-order valence-electron chi connectivity index (χ3n) is 8.81. The number of carbonyl (C=O) groups excluding carboxylic acids is 1. The van der Waals surface area contributed by atoms with Crippen molar-refractivity contribution >= 4 is 11.4 Å². The van der Waals surface area contributed by atoms with Crippen LogP contribution in [0.15, 0.2) is 30.0 Å². The molecule has 1 heterocycles. The Bertz CT molecular complexity index is 915. The third-order valence-corrected chi connectivity index (χ3v) is 8.81. The topological polar surface area (TPSA) is 30.0 Å². The zero-order valence-corrected chi connectivity index (χ0v) is 17.2. The highest BCUT2D eigenvalue weighted by Gasteiger charge is 2.57. The summed E-state index contributed by atoms with van der Waals surface area (Å²) in [7, 11) is 0. The van der Waals surface area contributed by atoms with Gasteiger partial charge >= 0.3 is 0 Å². The minimum absolute atomic E-state index is 0.0412. The SMILES string of the molecule is Cc1cnc(F)c(C2=CCC3C4CCC5=CC(=O)CC[C@]5(C)C4CC[C@]23C)c1. The molecule has 1 aromatic rings. The minimum atomic E-state index is -0.326. The number of carbonyl (C=O) groups is 1. The van der Waals surface area contributed by atoms with Crippen LogP contribution >= 0.6 is 0 Å². The van der Waals surface area contributed by atoms with Gasteiger partial charge in [-0.3, -0.25) is 4.79 Å². The van der Waals surface area contributed by atoms with E-state index in [2.05, 4.69) is 24.9 Å². The van der Waals surface area contributed by atoms with Crippen molar-refractivity contribution in [3.05, 3.63) is 47.1 Å². The zero-order chi connectivity index (χ0) is 19.7. The van der Waals surface area contributed by atoms with Crippen LogP contribution in [0.4, 0.5) is 4.39 Å². The number of hydrogen-bond acceptors (Lipinski definition) is 2. The number of nitrogens with zero attached hydrogens (tertiary/aromatic N) is 1. The van der Waals surface area contributed by atoms with Crippen LogP contribution in [-0.2, 0) is 4.79 Å². The average Bonchev–Trinajstić information content (AvgIpc) is 3.01. The molecule has 2 saturated carbocycles. The zero-order valence-electron chi connectivity index (χ0n) is 17.2. The molecule has 148 valence electrons. The Hall–Kier alpha value is -1.77. The Morgan fingerprint density at radius 3 is 2.75 bits per heavy atom. The first-order valence-electron chi connectivity index (χ1n) is 10.9. The van der Waals surface area contributed by atoms with Crippen molar-refractivity contribution < 1.29 is 9.18 Å². The predicted octanol–water partition coefficient (Wildman–Crippen LogP) is 6.05. The number of hydrogen-bond donors (Lipinski definition) is 0. The van der Waals surface area contributed by atoms with Gasteiger partial charge in [-0.2, -0.15) is 4.39 Å². The number of rotatable bonds is 1. The highest BCUT2D eigenvalue weighted by molar-refractivity contribution is 5.91. The van der Waals surface area contributed by atoms with Gasteiger partial charge in [0, 0.05) is 18.2 Å². The molecule has 0 bridgehead atoms. The van der Waals surface area contributed by atoms with Gasteiger partial charge in [0.15, 0.2) is 5.78 Å². The maximum absolute atomic E-state index is 14.6. The molecule has 5 atom stereocenters. The summed E-state index contributed by atoms with van der Waals surface area (Å²) in [4.78, 5) is 16.0. The standard InChI is InChI=1S/C25H30FNO/c1-15-12-19(23(26)27-14-15)21-7-6-20-18-5-4-16-13-17(28)8-10-24(16,2)22(18)9-11-25(20,21)3/h7,12-14,18,20,22H,4-6,8-11H2,1-3H3/t18?,20?,22?,24-,25-/m0/s1. The van der Waals surface area contributed by atoms with E-state index in [1.165, 1.54) is 24.0 Å². The van der Waals surface area contributed by atoms with E-state index in [4.69, 9.17) is 0 Å². The van der Waals surface area contributed by atoms with Gasteiger partial charge in [-0.1, -0.05) is 25.5 Å². The second-order valence-electron chi connectivity index (χ2n) is 10.1. The van der Waals surface area contributed by atoms with Gasteiger partial charge in [-0.05, 0) is 97.3 Å². The van der Waals surface area contributed by atoms with E-state index in [-0.39, 0.29) is 16.8 Å². The molecule has 2 nitrogen and oxygen atoms in total. The Morgan fingerprint density at radius 1 is 1.11 bits per heavy atom. The molecule has 0 aliphatic heterocycles. The lowest BCUT2D eigenvalue weighted by Gasteiger charge is -2.57. The summed E-state index contributed by atoms with van der Waals surface area (Å²) in [5, 5.41) is 0. The first kappa shape index (κ1) is 18.3. The van der Waals surface area contributed by atoms with Crippen molar-refractivity contribution in [2.75, 3.05) is 0 Å². The number of aromatic nitrogens is 1. The number of aryl methyl sites for hydroxylation is 1. The van der Waals surface area contributed by atoms with E-state index in [1.807, 2.05) is 19.1 Å². The molecule has 4 aliphatic rings. The number of halogens is 1. The van der Waals surface area contributed by atoms with Crippen molar-refractivity contribution in [3.8, 4) is 0 Å². The van der Waals surface area contributed by atoms with Gasteiger partial charge in [0.1, 0.15) is 0 Å². The number of ketones is 1. The maximum atomic E-state index is 14.6. The highest BCUT2D eigenvalue weighted by atomic mass is 19.1. The summed E-state index contributed by atoms with van der Waals surface area (Å²) in [5.41, 5.74) is 4.57. The van der Waals surface area contributed by atoms with E-state index >= 15 is 0 Å². The fraction of sp³-hybridized carbons (Fsp3) is 0.600. The summed E-state index contributed by atoms with van der Waals surface area (Å²) in [6.45, 7) is 6.77. The molecule has 0 saturated heterocycles. The van der Waals surface area contributed by atoms with Gasteiger partial charge in [0.2, 0.25) is 5.95 Å². The van der Waals surface area contributed by atoms with Crippen LogP contribution in [0.1, 0.15) is 69.9 Å². The molecule has 0 N–H and O–H groups in total. The van der Waals surface area contributed by atoms with Crippen LogP contribution in [0, 0.1) is 41.5 Å². The first-order chi connectivity index (χ1) is 13.3. The lowest BCUT2D eigenvalue weighted by molar-refractivity contribution is -0.117. The Kier molecular flexibility index (Phi) is 3.99. The monoisotopic (exact) mass is 379 g/mol. The fourth-order valence-corrected chi connectivity index (χ4v) is 7.29. The Morgan fingerprint density at radius 2 is 1.93 bits per heavy atom. The quantitative estimate of drug-likeness (QED) is 0.556. The number of fused-ring (bicyclic) bond motifs is 5. The van der Waals surface area contributed by atoms with E-state index in [9.17, 15) is 9.18 Å². The molecule has 1 aromatic heterocycles. The smallest absolute Gasteiger partial charge is 0.220 e. The van der Waals surface area contributed by atoms with Crippen molar-refractivity contribution in [1.82, 2.24) is 4.98 Å². The summed E-state index contributed by atoms with van der Waals surface area (Å²) < 4.78 is 14.6. The average molecular weight is 380 g/mol. The van der Waals surface area contributed by atoms with E-state index < -0.39 is 0 Å². The van der Waals surface area contributed by atoms with Gasteiger partial charge in [0.25, 0.3) is 0 Å². The van der Waals surface area contributed by atoms with E-state index in [1.54, 1.807) is 6.20 Å². The van der Waals surface area contributed by atoms with Crippen LogP contribution in [0.25, 0.3) is 5.57 Å². The van der Waals surface area contributed by atoms with Crippen LogP contribution in [0.5, 0.6) is 0 Å². The maximum Gasteiger partial charge on any atom is 0.220 e. The molecular weight excluding hydrogens is 349 g/mol. The van der Waals surface area contributed by atoms with Crippen LogP contribution in [0.2, 0.25) is 0 Å². The second-order valence-corrected chi connectivity index (χ2v) is 10.1. The summed E-state index contributed by atoms with van der Waals surface area (Å²) in [6, 6.07) is 1.98. The number of pyridine rings is 1. The van der Waals surface area contributed by atoms with Gasteiger partial charge in [-0.25, -0.2) is 4.98 Å². The molecule has 3 heteroatoms. The van der Waals surface area contributed by atoms with Crippen LogP contribution < -0.4 is 0 Å². The Labute approximate surface area is 167 Å². The summed E-state index contributed by atoms with van der Waals surface area (Å²) >= 11 is 0. The summed E-state index contributed by atoms with van der Waals surface area (Å²) in [5.74, 6) is 1.90. The molecule has 4 aliphatic carbocycles. The molecule has 28 heavy (non-hydrogen) atoms. The third kappa shape index (κ3) is 2.44. The normalized spacial score (nSPS) is 39.6. The molecule has 5 rings (SSSR count). The molecule has 0 spiro atoms. The molecule has 0 radical (unpaired) electrons. The van der Waals surface area contributed by atoms with Crippen molar-refractivity contribution in [3.63, 3.8) is 0 Å². The molecule has 0 aromatic carbocycles. The Balaban J connectivity index is 1.49. The molecular formula is C25H30FNO. The van der Waals surface area contributed by atoms with Crippen molar-refractivity contribution in [1.29, 1.82) is 0 Å². The fourth-order valence-electron chi connectivity index (χ4n) is 7.29. The van der Waals surface area contributed by atoms with Crippen LogP contribution in [0.3, 0.4) is 0 Å². The number of allylic oxidation sites excluding steroid dienone is 4. The van der Waals surface area contributed by atoms with E-state index in [0.717, 1.165) is 31.2 Å². The second kappa shape index (κ2) is 6.11. The van der Waals surface area contributed by atoms with Gasteiger partial charge < -0.3 is 0 Å². The van der Waals surface area contributed by atoms with Crippen molar-refractivity contribution in [2.45, 2.75) is 65.7 Å². The summed E-state index contributed by atoms with van der Waals surface area (Å²) in [6.07, 6.45) is 13.2. The van der Waals surface area contributed by atoms with E-state index in [0.29, 0.717) is 35.5 Å². The first-order valence-corrected chi connectivity index (χ1v) is 10.9. The van der Waals surface area contributed by atoms with Crippen molar-refractivity contribution in [2.24, 2.45) is 28.6 Å². The largest absolute Gasteiger partial charge is 0.295 e. The van der Waals surface area contributed by atoms with Gasteiger partial charge in [-0.15, -0.1) is 0 Å². The highest BCUT2D eigenvalue weighted by Crippen LogP contribution is 2.66. The van der Waals surface area contributed by atoms with Crippen LogP contribution in [-0.4, -0.2) is 10.8 Å². The van der Waals surface area contributed by atoms with Gasteiger partial charge in [0.05, 0.1) is 0 Å².